The van der Waals surface area contributed by atoms with E-state index in [1.54, 1.807) is 17.7 Å². The molecule has 0 saturated carbocycles. The molecule has 2 aliphatic heterocycles. The van der Waals surface area contributed by atoms with Crippen molar-refractivity contribution in [3.63, 3.8) is 0 Å². The molecule has 0 spiro atoms. The first-order valence-electron chi connectivity index (χ1n) is 11.9. The lowest BCUT2D eigenvalue weighted by Gasteiger charge is -2.35. The van der Waals surface area contributed by atoms with Gasteiger partial charge in [-0.25, -0.2) is 9.37 Å². The van der Waals surface area contributed by atoms with Gasteiger partial charge in [-0.3, -0.25) is 14.3 Å². The number of aromatic nitrogens is 3. The molecule has 0 amide bonds. The smallest absolute Gasteiger partial charge is 0.255 e. The maximum atomic E-state index is 14.3. The number of pyridine rings is 1. The zero-order valence-electron chi connectivity index (χ0n) is 19.1. The van der Waals surface area contributed by atoms with Crippen LogP contribution in [0.1, 0.15) is 43.6 Å². The first kappa shape index (κ1) is 21.6. The van der Waals surface area contributed by atoms with Gasteiger partial charge in [0.15, 0.2) is 5.82 Å². The van der Waals surface area contributed by atoms with Crippen LogP contribution in [0.5, 0.6) is 0 Å². The first-order chi connectivity index (χ1) is 16.1. The van der Waals surface area contributed by atoms with E-state index >= 15 is 0 Å². The summed E-state index contributed by atoms with van der Waals surface area (Å²) in [6, 6.07) is 12.0. The minimum atomic E-state index is -0.477. The third-order valence-electron chi connectivity index (χ3n) is 6.95. The molecule has 0 radical (unpaired) electrons. The van der Waals surface area contributed by atoms with Crippen molar-refractivity contribution in [3.8, 4) is 11.3 Å². The molecule has 2 fully saturated rings. The number of benzene rings is 1. The summed E-state index contributed by atoms with van der Waals surface area (Å²) in [6.45, 7) is 3.89. The molecule has 0 unspecified atom stereocenters. The molecule has 3 aromatic rings. The quantitative estimate of drug-likeness (QED) is 0.595. The normalized spacial score (nSPS) is 19.0. The Morgan fingerprint density at radius 3 is 2.48 bits per heavy atom. The molecule has 1 atom stereocenters. The van der Waals surface area contributed by atoms with E-state index in [9.17, 15) is 9.18 Å². The Kier molecular flexibility index (Phi) is 6.11. The van der Waals surface area contributed by atoms with Gasteiger partial charge in [0, 0.05) is 62.7 Å². The lowest BCUT2D eigenvalue weighted by Crippen LogP contribution is -2.38. The van der Waals surface area contributed by atoms with Gasteiger partial charge in [0.05, 0.1) is 11.9 Å². The Hall–Kier alpha value is -3.22. The molecule has 7 heteroatoms. The van der Waals surface area contributed by atoms with E-state index in [0.717, 1.165) is 45.2 Å². The number of nitrogens with zero attached hydrogens (tertiary/aromatic N) is 5. The number of anilines is 2. The predicted molar refractivity (Wildman–Crippen MR) is 129 cm³/mol. The minimum absolute atomic E-state index is 0.195. The Balaban J connectivity index is 1.39. The average Bonchev–Trinajstić information content (AvgIpc) is 2.87. The van der Waals surface area contributed by atoms with Gasteiger partial charge in [-0.1, -0.05) is 12.1 Å². The van der Waals surface area contributed by atoms with Crippen LogP contribution in [0.25, 0.3) is 11.3 Å². The van der Waals surface area contributed by atoms with Crippen LogP contribution in [0, 0.1) is 5.82 Å². The second-order valence-electron chi connectivity index (χ2n) is 9.12. The molecule has 6 nitrogen and oxygen atoms in total. The highest BCUT2D eigenvalue weighted by molar-refractivity contribution is 5.60. The van der Waals surface area contributed by atoms with Crippen LogP contribution in [-0.2, 0) is 7.05 Å². The summed E-state index contributed by atoms with van der Waals surface area (Å²) in [5.41, 5.74) is 3.08. The SMILES string of the molecule is Cn1c(N2CCC[C@H](c3ccc(N4CCCCC4)cc3)C2)nc(-c2ccncc2F)cc1=O. The molecule has 0 bridgehead atoms. The number of halogens is 1. The lowest BCUT2D eigenvalue weighted by molar-refractivity contribution is 0.497. The summed E-state index contributed by atoms with van der Waals surface area (Å²) in [4.78, 5) is 25.8. The molecule has 5 rings (SSSR count). The van der Waals surface area contributed by atoms with Gasteiger partial charge in [-0.05, 0) is 55.9 Å². The molecule has 2 aliphatic rings. The van der Waals surface area contributed by atoms with Crippen LogP contribution >= 0.6 is 0 Å². The van der Waals surface area contributed by atoms with Crippen LogP contribution in [0.15, 0.2) is 53.6 Å². The van der Waals surface area contributed by atoms with Crippen LogP contribution in [0.3, 0.4) is 0 Å². The zero-order chi connectivity index (χ0) is 22.8. The van der Waals surface area contributed by atoms with Crippen LogP contribution < -0.4 is 15.4 Å². The molecular formula is C26H30FN5O. The maximum Gasteiger partial charge on any atom is 0.255 e. The fourth-order valence-corrected chi connectivity index (χ4v) is 5.07. The van der Waals surface area contributed by atoms with Gasteiger partial charge in [-0.2, -0.15) is 0 Å². The van der Waals surface area contributed by atoms with Crippen molar-refractivity contribution in [2.24, 2.45) is 7.05 Å². The van der Waals surface area contributed by atoms with Crippen molar-refractivity contribution in [3.05, 3.63) is 70.5 Å². The number of hydrogen-bond acceptors (Lipinski definition) is 5. The second-order valence-corrected chi connectivity index (χ2v) is 9.12. The Bertz CT molecular complexity index is 1170. The molecule has 33 heavy (non-hydrogen) atoms. The highest BCUT2D eigenvalue weighted by Crippen LogP contribution is 2.31. The molecule has 2 aromatic heterocycles. The fourth-order valence-electron chi connectivity index (χ4n) is 5.07. The third kappa shape index (κ3) is 4.49. The summed E-state index contributed by atoms with van der Waals surface area (Å²) in [5, 5.41) is 0. The highest BCUT2D eigenvalue weighted by atomic mass is 19.1. The third-order valence-corrected chi connectivity index (χ3v) is 6.95. The topological polar surface area (TPSA) is 54.3 Å². The molecule has 0 aliphatic carbocycles. The van der Waals surface area contributed by atoms with Crippen molar-refractivity contribution in [1.29, 1.82) is 0 Å². The summed E-state index contributed by atoms with van der Waals surface area (Å²) in [6.07, 6.45) is 8.66. The number of piperidine rings is 2. The summed E-state index contributed by atoms with van der Waals surface area (Å²) >= 11 is 0. The first-order valence-corrected chi connectivity index (χ1v) is 11.9. The molecule has 2 saturated heterocycles. The van der Waals surface area contributed by atoms with Crippen molar-refractivity contribution >= 4 is 11.6 Å². The van der Waals surface area contributed by atoms with Crippen molar-refractivity contribution < 1.29 is 4.39 Å². The summed E-state index contributed by atoms with van der Waals surface area (Å²) < 4.78 is 15.9. The van der Waals surface area contributed by atoms with Crippen molar-refractivity contribution in [2.75, 3.05) is 36.0 Å². The molecule has 1 aromatic carbocycles. The van der Waals surface area contributed by atoms with Gasteiger partial charge in [-0.15, -0.1) is 0 Å². The molecular weight excluding hydrogens is 417 g/mol. The monoisotopic (exact) mass is 447 g/mol. The van der Waals surface area contributed by atoms with E-state index in [-0.39, 0.29) is 5.56 Å². The van der Waals surface area contributed by atoms with Crippen LogP contribution in [-0.4, -0.2) is 40.7 Å². The predicted octanol–water partition coefficient (Wildman–Crippen LogP) is 4.36. The number of rotatable bonds is 4. The van der Waals surface area contributed by atoms with Gasteiger partial charge in [0.2, 0.25) is 5.95 Å². The standard InChI is InChI=1S/C26H30FN5O/c1-30-25(33)16-24(22-11-12-28-17-23(22)27)29-26(30)32-15-5-6-20(18-32)19-7-9-21(10-8-19)31-13-3-2-4-14-31/h7-12,16-17,20H,2-6,13-15,18H2,1H3/t20-/m0/s1. The molecule has 172 valence electrons. The van der Waals surface area contributed by atoms with Gasteiger partial charge in [0.25, 0.3) is 5.56 Å². The minimum Gasteiger partial charge on any atom is -0.372 e. The van der Waals surface area contributed by atoms with Gasteiger partial charge >= 0.3 is 0 Å². The van der Waals surface area contributed by atoms with Crippen LogP contribution in [0.2, 0.25) is 0 Å². The van der Waals surface area contributed by atoms with Crippen LogP contribution in [0.4, 0.5) is 16.0 Å². The average molecular weight is 448 g/mol. The summed E-state index contributed by atoms with van der Waals surface area (Å²) in [7, 11) is 1.73. The Morgan fingerprint density at radius 2 is 1.73 bits per heavy atom. The van der Waals surface area contributed by atoms with E-state index in [1.807, 2.05) is 0 Å². The highest BCUT2D eigenvalue weighted by Gasteiger charge is 2.25. The maximum absolute atomic E-state index is 14.3. The van der Waals surface area contributed by atoms with E-state index < -0.39 is 5.82 Å². The lowest BCUT2D eigenvalue weighted by atomic mass is 9.90. The summed E-state index contributed by atoms with van der Waals surface area (Å²) in [5.74, 6) is 0.477. The fraction of sp³-hybridized carbons (Fsp3) is 0.423. The molecule has 4 heterocycles. The number of hydrogen-bond donors (Lipinski definition) is 0. The largest absolute Gasteiger partial charge is 0.372 e. The Labute approximate surface area is 193 Å². The van der Waals surface area contributed by atoms with E-state index in [4.69, 9.17) is 4.98 Å². The van der Waals surface area contributed by atoms with Crippen molar-refractivity contribution in [1.82, 2.24) is 14.5 Å². The van der Waals surface area contributed by atoms with Crippen molar-refractivity contribution in [2.45, 2.75) is 38.0 Å². The van der Waals surface area contributed by atoms with Gasteiger partial charge in [0.1, 0.15) is 0 Å². The Morgan fingerprint density at radius 1 is 0.970 bits per heavy atom. The second kappa shape index (κ2) is 9.33. The van der Waals surface area contributed by atoms with E-state index in [0.29, 0.717) is 23.1 Å². The molecule has 0 N–H and O–H groups in total. The van der Waals surface area contributed by atoms with E-state index in [1.165, 1.54) is 42.8 Å². The zero-order valence-corrected chi connectivity index (χ0v) is 19.1. The van der Waals surface area contributed by atoms with Gasteiger partial charge < -0.3 is 9.80 Å². The van der Waals surface area contributed by atoms with E-state index in [2.05, 4.69) is 39.0 Å².